The van der Waals surface area contributed by atoms with Crippen molar-refractivity contribution >= 4 is 17.5 Å². The van der Waals surface area contributed by atoms with Gasteiger partial charge in [-0.2, -0.15) is 0 Å². The van der Waals surface area contributed by atoms with E-state index >= 15 is 0 Å². The van der Waals surface area contributed by atoms with Gasteiger partial charge in [0, 0.05) is 24.0 Å². The van der Waals surface area contributed by atoms with Crippen LogP contribution in [0.1, 0.15) is 47.3 Å². The molecule has 1 aromatic rings. The lowest BCUT2D eigenvalue weighted by Crippen LogP contribution is -2.55. The van der Waals surface area contributed by atoms with Crippen LogP contribution in [0.2, 0.25) is 0 Å². The Labute approximate surface area is 150 Å². The second-order valence-electron chi connectivity index (χ2n) is 6.77. The SMILES string of the molecule is C/C=C/[C@H]1CC(=O)c2c(O)c(C)c(O)c(C)c2[C@]12C(=O)C=C(C)OC2=O. The standard InChI is InChI=1S/C20H20O6/c1-5-6-12-8-13(21)15-16(10(3)17(23)11(4)18(15)24)20(12)14(22)7-9(2)26-19(20)25/h5-7,12,23-24H,8H2,1-4H3/b6-5+/t12-,20+/m0/s1. The number of rotatable bonds is 1. The van der Waals surface area contributed by atoms with Crippen LogP contribution >= 0.6 is 0 Å². The van der Waals surface area contributed by atoms with Gasteiger partial charge in [0.15, 0.2) is 17.0 Å². The molecule has 26 heavy (non-hydrogen) atoms. The number of carbonyl (C=O) groups is 3. The molecule has 0 saturated heterocycles. The minimum atomic E-state index is -1.80. The van der Waals surface area contributed by atoms with E-state index in [0.717, 1.165) is 0 Å². The van der Waals surface area contributed by atoms with Crippen LogP contribution in [0.3, 0.4) is 0 Å². The first kappa shape index (κ1) is 17.9. The zero-order valence-electron chi connectivity index (χ0n) is 15.0. The van der Waals surface area contributed by atoms with Gasteiger partial charge in [0.05, 0.1) is 5.56 Å². The summed E-state index contributed by atoms with van der Waals surface area (Å²) in [4.78, 5) is 38.9. The Hall–Kier alpha value is -2.89. The van der Waals surface area contributed by atoms with E-state index in [1.165, 1.54) is 26.8 Å². The van der Waals surface area contributed by atoms with Gasteiger partial charge < -0.3 is 14.9 Å². The van der Waals surface area contributed by atoms with E-state index in [-0.39, 0.29) is 46.0 Å². The second kappa shape index (κ2) is 5.83. The molecule has 0 bridgehead atoms. The average Bonchev–Trinajstić information content (AvgIpc) is 2.56. The number of carbonyl (C=O) groups excluding carboxylic acids is 3. The highest BCUT2D eigenvalue weighted by molar-refractivity contribution is 6.21. The van der Waals surface area contributed by atoms with Crippen molar-refractivity contribution in [1.29, 1.82) is 0 Å². The molecule has 1 spiro atoms. The molecule has 0 aromatic heterocycles. The molecule has 0 fully saturated rings. The molecule has 2 N–H and O–H groups in total. The van der Waals surface area contributed by atoms with Crippen molar-refractivity contribution in [2.75, 3.05) is 0 Å². The molecule has 6 nitrogen and oxygen atoms in total. The smallest absolute Gasteiger partial charge is 0.330 e. The fraction of sp³-hybridized carbons (Fsp3) is 0.350. The van der Waals surface area contributed by atoms with Gasteiger partial charge in [0.2, 0.25) is 0 Å². The van der Waals surface area contributed by atoms with Crippen LogP contribution in [-0.2, 0) is 19.7 Å². The number of Topliss-reactive ketones (excluding diaryl/α,β-unsaturated/α-hetero) is 1. The number of fused-ring (bicyclic) bond motifs is 2. The lowest BCUT2D eigenvalue weighted by Gasteiger charge is -2.42. The maximum absolute atomic E-state index is 13.1. The minimum absolute atomic E-state index is 0.0381. The predicted octanol–water partition coefficient (Wildman–Crippen LogP) is 2.76. The summed E-state index contributed by atoms with van der Waals surface area (Å²) in [6.45, 7) is 6.23. The van der Waals surface area contributed by atoms with Gasteiger partial charge in [-0.15, -0.1) is 0 Å². The van der Waals surface area contributed by atoms with Crippen LogP contribution in [-0.4, -0.2) is 27.7 Å². The molecule has 6 heteroatoms. The van der Waals surface area contributed by atoms with Crippen molar-refractivity contribution in [2.45, 2.75) is 39.5 Å². The topological polar surface area (TPSA) is 101 Å². The molecule has 3 rings (SSSR count). The normalized spacial score (nSPS) is 25.5. The van der Waals surface area contributed by atoms with Gasteiger partial charge in [-0.1, -0.05) is 12.2 Å². The third kappa shape index (κ3) is 2.08. The first-order valence-corrected chi connectivity index (χ1v) is 8.34. The number of allylic oxidation sites excluding steroid dienone is 4. The number of benzene rings is 1. The van der Waals surface area contributed by atoms with E-state index in [0.29, 0.717) is 0 Å². The Morgan fingerprint density at radius 3 is 2.35 bits per heavy atom. The van der Waals surface area contributed by atoms with Crippen LogP contribution < -0.4 is 0 Å². The number of ketones is 2. The Kier molecular flexibility index (Phi) is 4.02. The monoisotopic (exact) mass is 356 g/mol. The molecular formula is C20H20O6. The number of aromatic hydroxyl groups is 2. The Morgan fingerprint density at radius 2 is 1.77 bits per heavy atom. The summed E-state index contributed by atoms with van der Waals surface area (Å²) in [5.41, 5.74) is -1.50. The summed E-state index contributed by atoms with van der Waals surface area (Å²) in [7, 11) is 0. The van der Waals surface area contributed by atoms with Crippen LogP contribution in [0, 0.1) is 19.8 Å². The Morgan fingerprint density at radius 1 is 1.12 bits per heavy atom. The quantitative estimate of drug-likeness (QED) is 0.456. The third-order valence-corrected chi connectivity index (χ3v) is 5.29. The lowest BCUT2D eigenvalue weighted by molar-refractivity contribution is -0.154. The summed E-state index contributed by atoms with van der Waals surface area (Å²) >= 11 is 0. The van der Waals surface area contributed by atoms with E-state index in [1.54, 1.807) is 19.1 Å². The molecule has 2 atom stereocenters. The van der Waals surface area contributed by atoms with Crippen LogP contribution in [0.15, 0.2) is 24.0 Å². The maximum atomic E-state index is 13.1. The van der Waals surface area contributed by atoms with Gasteiger partial charge >= 0.3 is 5.97 Å². The summed E-state index contributed by atoms with van der Waals surface area (Å²) in [6.07, 6.45) is 4.40. The van der Waals surface area contributed by atoms with Crippen molar-refractivity contribution < 1.29 is 29.3 Å². The second-order valence-corrected chi connectivity index (χ2v) is 6.77. The fourth-order valence-electron chi connectivity index (χ4n) is 4.07. The van der Waals surface area contributed by atoms with Crippen molar-refractivity contribution in [1.82, 2.24) is 0 Å². The molecule has 0 amide bonds. The maximum Gasteiger partial charge on any atom is 0.330 e. The molecule has 1 aromatic carbocycles. The van der Waals surface area contributed by atoms with Crippen LogP contribution in [0.5, 0.6) is 11.5 Å². The van der Waals surface area contributed by atoms with Crippen molar-refractivity contribution in [3.8, 4) is 11.5 Å². The van der Waals surface area contributed by atoms with Gasteiger partial charge in [-0.25, -0.2) is 0 Å². The first-order valence-electron chi connectivity index (χ1n) is 8.34. The van der Waals surface area contributed by atoms with Crippen molar-refractivity contribution in [3.63, 3.8) is 0 Å². The van der Waals surface area contributed by atoms with E-state index in [1.807, 2.05) is 0 Å². The van der Waals surface area contributed by atoms with Gasteiger partial charge in [-0.3, -0.25) is 14.4 Å². The molecular weight excluding hydrogens is 336 g/mol. The predicted molar refractivity (Wildman–Crippen MR) is 93.0 cm³/mol. The molecule has 0 saturated carbocycles. The van der Waals surface area contributed by atoms with Gasteiger partial charge in [0.25, 0.3) is 0 Å². The van der Waals surface area contributed by atoms with Gasteiger partial charge in [-0.05, 0) is 38.8 Å². The van der Waals surface area contributed by atoms with Crippen molar-refractivity contribution in [2.24, 2.45) is 5.92 Å². The first-order chi connectivity index (χ1) is 12.2. The van der Waals surface area contributed by atoms with E-state index in [2.05, 4.69) is 0 Å². The highest BCUT2D eigenvalue weighted by atomic mass is 16.5. The number of ether oxygens (including phenoxy) is 1. The zero-order valence-corrected chi connectivity index (χ0v) is 15.0. The minimum Gasteiger partial charge on any atom is -0.507 e. The molecule has 0 unspecified atom stereocenters. The lowest BCUT2D eigenvalue weighted by atomic mass is 9.58. The Bertz CT molecular complexity index is 921. The largest absolute Gasteiger partial charge is 0.507 e. The number of phenolic OH excluding ortho intramolecular Hbond substituents is 2. The summed E-state index contributed by atoms with van der Waals surface area (Å²) < 4.78 is 5.28. The number of cyclic esters (lactones) is 1. The number of hydrogen-bond acceptors (Lipinski definition) is 6. The van der Waals surface area contributed by atoms with Gasteiger partial charge in [0.1, 0.15) is 17.3 Å². The van der Waals surface area contributed by atoms with Crippen LogP contribution in [0.25, 0.3) is 0 Å². The van der Waals surface area contributed by atoms with E-state index in [9.17, 15) is 24.6 Å². The highest BCUT2D eigenvalue weighted by Gasteiger charge is 2.60. The van der Waals surface area contributed by atoms with E-state index in [4.69, 9.17) is 4.74 Å². The van der Waals surface area contributed by atoms with Crippen LogP contribution in [0.4, 0.5) is 0 Å². The molecule has 1 heterocycles. The number of hydrogen-bond donors (Lipinski definition) is 2. The summed E-state index contributed by atoms with van der Waals surface area (Å²) in [6, 6.07) is 0. The molecule has 1 aliphatic heterocycles. The molecule has 1 aliphatic carbocycles. The zero-order chi connectivity index (χ0) is 19.4. The Balaban J connectivity index is 2.51. The molecule has 2 aliphatic rings. The number of esters is 1. The average molecular weight is 356 g/mol. The molecule has 0 radical (unpaired) electrons. The molecule has 136 valence electrons. The third-order valence-electron chi connectivity index (χ3n) is 5.29. The van der Waals surface area contributed by atoms with E-state index < -0.39 is 28.8 Å². The summed E-state index contributed by atoms with van der Waals surface area (Å²) in [5, 5.41) is 20.9. The highest BCUT2D eigenvalue weighted by Crippen LogP contribution is 2.52. The van der Waals surface area contributed by atoms with Crippen molar-refractivity contribution in [3.05, 3.63) is 46.2 Å². The fourth-order valence-corrected chi connectivity index (χ4v) is 4.07. The summed E-state index contributed by atoms with van der Waals surface area (Å²) in [5.74, 6) is -2.96. The number of phenols is 2.